The third-order valence-corrected chi connectivity index (χ3v) is 2.87. The van der Waals surface area contributed by atoms with Gasteiger partial charge in [-0.2, -0.15) is 4.98 Å². The quantitative estimate of drug-likeness (QED) is 0.745. The van der Waals surface area contributed by atoms with Crippen molar-refractivity contribution in [2.24, 2.45) is 11.8 Å². The molecule has 84 valence electrons. The van der Waals surface area contributed by atoms with Crippen LogP contribution < -0.4 is 0 Å². The Hall–Kier alpha value is -0.900. The smallest absolute Gasteiger partial charge is 0.240 e. The summed E-state index contributed by atoms with van der Waals surface area (Å²) in [7, 11) is 0. The summed E-state index contributed by atoms with van der Waals surface area (Å²) in [5.74, 6) is 3.02. The zero-order valence-electron chi connectivity index (χ0n) is 9.73. The second-order valence-electron chi connectivity index (χ2n) is 4.88. The van der Waals surface area contributed by atoms with Gasteiger partial charge in [-0.25, -0.2) is 0 Å². The minimum atomic E-state index is 0.725. The van der Waals surface area contributed by atoms with Gasteiger partial charge in [-0.3, -0.25) is 4.90 Å². The molecule has 2 heterocycles. The molecule has 1 aromatic rings. The summed E-state index contributed by atoms with van der Waals surface area (Å²) in [5.41, 5.74) is 0. The van der Waals surface area contributed by atoms with Crippen molar-refractivity contribution < 1.29 is 4.52 Å². The van der Waals surface area contributed by atoms with Crippen molar-refractivity contribution >= 4 is 0 Å². The Kier molecular flexibility index (Phi) is 3.05. The fourth-order valence-corrected chi connectivity index (χ4v) is 2.52. The third-order valence-electron chi connectivity index (χ3n) is 2.87. The van der Waals surface area contributed by atoms with Gasteiger partial charge in [-0.15, -0.1) is 0 Å². The molecule has 2 unspecified atom stereocenters. The highest BCUT2D eigenvalue weighted by molar-refractivity contribution is 4.85. The first-order valence-corrected chi connectivity index (χ1v) is 5.65. The molecule has 1 aromatic heterocycles. The second-order valence-corrected chi connectivity index (χ2v) is 4.88. The van der Waals surface area contributed by atoms with Crippen molar-refractivity contribution in [3.8, 4) is 0 Å². The first-order valence-electron chi connectivity index (χ1n) is 5.65. The van der Waals surface area contributed by atoms with Crippen LogP contribution in [0.5, 0.6) is 0 Å². The van der Waals surface area contributed by atoms with E-state index in [4.69, 9.17) is 4.52 Å². The van der Waals surface area contributed by atoms with E-state index < -0.39 is 0 Å². The van der Waals surface area contributed by atoms with Crippen LogP contribution in [0.3, 0.4) is 0 Å². The normalized spacial score (nSPS) is 28.2. The lowest BCUT2D eigenvalue weighted by molar-refractivity contribution is 0.121. The van der Waals surface area contributed by atoms with Gasteiger partial charge in [0.2, 0.25) is 5.89 Å². The Balaban J connectivity index is 1.94. The summed E-state index contributed by atoms with van der Waals surface area (Å²) in [6.45, 7) is 9.56. The van der Waals surface area contributed by atoms with Gasteiger partial charge in [0.15, 0.2) is 5.82 Å². The topological polar surface area (TPSA) is 42.2 Å². The highest BCUT2D eigenvalue weighted by Gasteiger charge is 2.22. The van der Waals surface area contributed by atoms with Gasteiger partial charge in [0, 0.05) is 13.1 Å². The van der Waals surface area contributed by atoms with E-state index >= 15 is 0 Å². The van der Waals surface area contributed by atoms with Crippen molar-refractivity contribution in [1.82, 2.24) is 15.0 Å². The molecule has 0 bridgehead atoms. The van der Waals surface area contributed by atoms with E-state index in [-0.39, 0.29) is 0 Å². The lowest BCUT2D eigenvalue weighted by Crippen LogP contribution is -2.38. The lowest BCUT2D eigenvalue weighted by Gasteiger charge is -2.33. The van der Waals surface area contributed by atoms with Gasteiger partial charge in [-0.1, -0.05) is 19.0 Å². The van der Waals surface area contributed by atoms with Crippen molar-refractivity contribution in [3.63, 3.8) is 0 Å². The van der Waals surface area contributed by atoms with Crippen molar-refractivity contribution in [3.05, 3.63) is 11.7 Å². The van der Waals surface area contributed by atoms with E-state index in [0.29, 0.717) is 0 Å². The van der Waals surface area contributed by atoms with Gasteiger partial charge in [0.05, 0.1) is 6.54 Å². The van der Waals surface area contributed by atoms with Crippen LogP contribution in [0.1, 0.15) is 32.0 Å². The second kappa shape index (κ2) is 4.31. The number of piperidine rings is 1. The fraction of sp³-hybridized carbons (Fsp3) is 0.818. The largest absolute Gasteiger partial charge is 0.338 e. The molecule has 1 fully saturated rings. The van der Waals surface area contributed by atoms with Crippen molar-refractivity contribution in [2.75, 3.05) is 13.1 Å². The molecule has 1 aliphatic heterocycles. The highest BCUT2D eigenvalue weighted by Crippen LogP contribution is 2.21. The van der Waals surface area contributed by atoms with E-state index in [0.717, 1.165) is 43.2 Å². The number of rotatable bonds is 2. The Bertz CT molecular complexity index is 313. The first kappa shape index (κ1) is 10.6. The summed E-state index contributed by atoms with van der Waals surface area (Å²) in [4.78, 5) is 6.64. The van der Waals surface area contributed by atoms with Crippen molar-refractivity contribution in [2.45, 2.75) is 33.7 Å². The molecule has 0 N–H and O–H groups in total. The molecular weight excluding hydrogens is 190 g/mol. The Labute approximate surface area is 90.7 Å². The maximum atomic E-state index is 5.13. The number of aromatic nitrogens is 2. The first-order chi connectivity index (χ1) is 7.13. The van der Waals surface area contributed by atoms with Crippen LogP contribution in [0.25, 0.3) is 0 Å². The predicted molar refractivity (Wildman–Crippen MR) is 57.3 cm³/mol. The van der Waals surface area contributed by atoms with Gasteiger partial charge in [0.1, 0.15) is 0 Å². The van der Waals surface area contributed by atoms with E-state index in [9.17, 15) is 0 Å². The summed E-state index contributed by atoms with van der Waals surface area (Å²) < 4.78 is 5.13. The fourth-order valence-electron chi connectivity index (χ4n) is 2.52. The van der Waals surface area contributed by atoms with E-state index in [1.807, 2.05) is 6.92 Å². The van der Waals surface area contributed by atoms with E-state index in [2.05, 4.69) is 28.9 Å². The minimum Gasteiger partial charge on any atom is -0.338 e. The third kappa shape index (κ3) is 2.78. The van der Waals surface area contributed by atoms with E-state index in [1.54, 1.807) is 0 Å². The SMILES string of the molecule is Cc1noc(CN2CC(C)CC(C)C2)n1. The molecule has 1 saturated heterocycles. The van der Waals surface area contributed by atoms with Crippen LogP contribution in [0.4, 0.5) is 0 Å². The van der Waals surface area contributed by atoms with Crippen LogP contribution in [0.15, 0.2) is 4.52 Å². The highest BCUT2D eigenvalue weighted by atomic mass is 16.5. The lowest BCUT2D eigenvalue weighted by atomic mass is 9.92. The maximum Gasteiger partial charge on any atom is 0.240 e. The van der Waals surface area contributed by atoms with Gasteiger partial charge >= 0.3 is 0 Å². The summed E-state index contributed by atoms with van der Waals surface area (Å²) in [5, 5.41) is 3.81. The van der Waals surface area contributed by atoms with Crippen LogP contribution in [-0.2, 0) is 6.54 Å². The standard InChI is InChI=1S/C11H19N3O/c1-8-4-9(2)6-14(5-8)7-11-12-10(3)13-15-11/h8-9H,4-7H2,1-3H3. The molecular formula is C11H19N3O. The predicted octanol–water partition coefficient (Wildman–Crippen LogP) is 1.86. The number of nitrogens with zero attached hydrogens (tertiary/aromatic N) is 3. The number of hydrogen-bond donors (Lipinski definition) is 0. The summed E-state index contributed by atoms with van der Waals surface area (Å²) in [6.07, 6.45) is 1.33. The average Bonchev–Trinajstić information content (AvgIpc) is 2.49. The molecule has 1 aliphatic rings. The zero-order chi connectivity index (χ0) is 10.8. The van der Waals surface area contributed by atoms with Crippen molar-refractivity contribution in [1.29, 1.82) is 0 Å². The average molecular weight is 209 g/mol. The van der Waals surface area contributed by atoms with Gasteiger partial charge in [0.25, 0.3) is 0 Å². The van der Waals surface area contributed by atoms with Crippen LogP contribution in [-0.4, -0.2) is 28.1 Å². The molecule has 4 heteroatoms. The maximum absolute atomic E-state index is 5.13. The molecule has 0 amide bonds. The number of likely N-dealkylation sites (tertiary alicyclic amines) is 1. The molecule has 0 saturated carbocycles. The van der Waals surface area contributed by atoms with E-state index in [1.165, 1.54) is 6.42 Å². The molecule has 4 nitrogen and oxygen atoms in total. The van der Waals surface area contributed by atoms with Crippen LogP contribution in [0.2, 0.25) is 0 Å². The molecule has 0 aliphatic carbocycles. The van der Waals surface area contributed by atoms with Gasteiger partial charge < -0.3 is 4.52 Å². The van der Waals surface area contributed by atoms with Crippen LogP contribution >= 0.6 is 0 Å². The molecule has 0 aromatic carbocycles. The number of hydrogen-bond acceptors (Lipinski definition) is 4. The Morgan fingerprint density at radius 3 is 2.53 bits per heavy atom. The molecule has 0 spiro atoms. The monoisotopic (exact) mass is 209 g/mol. The zero-order valence-corrected chi connectivity index (χ0v) is 9.73. The molecule has 0 radical (unpaired) electrons. The molecule has 15 heavy (non-hydrogen) atoms. The Morgan fingerprint density at radius 2 is 2.00 bits per heavy atom. The minimum absolute atomic E-state index is 0.725. The van der Waals surface area contributed by atoms with Gasteiger partial charge in [-0.05, 0) is 25.2 Å². The molecule has 2 atom stereocenters. The Morgan fingerprint density at radius 1 is 1.33 bits per heavy atom. The molecule has 2 rings (SSSR count). The number of aryl methyl sites for hydroxylation is 1. The van der Waals surface area contributed by atoms with Crippen LogP contribution in [0, 0.1) is 18.8 Å². The summed E-state index contributed by atoms with van der Waals surface area (Å²) >= 11 is 0. The summed E-state index contributed by atoms with van der Waals surface area (Å²) in [6, 6.07) is 0.